The number of aryl methyl sites for hydroxylation is 1. The summed E-state index contributed by atoms with van der Waals surface area (Å²) in [5, 5.41) is 3.86. The van der Waals surface area contributed by atoms with E-state index in [1.54, 1.807) is 60.5 Å². The number of halogens is 1. The molecule has 0 aromatic heterocycles. The first-order valence-corrected chi connectivity index (χ1v) is 15.7. The zero-order valence-corrected chi connectivity index (χ0v) is 26.1. The molecule has 2 fully saturated rings. The molecule has 44 heavy (non-hydrogen) atoms. The van der Waals surface area contributed by atoms with Crippen molar-refractivity contribution in [3.63, 3.8) is 0 Å². The predicted molar refractivity (Wildman–Crippen MR) is 170 cm³/mol. The minimum Gasteiger partial charge on any atom is -0.497 e. The molecule has 0 radical (unpaired) electrons. The Labute approximate surface area is 264 Å². The van der Waals surface area contributed by atoms with E-state index in [9.17, 15) is 14.4 Å². The van der Waals surface area contributed by atoms with Gasteiger partial charge in [0.2, 0.25) is 5.91 Å². The van der Waals surface area contributed by atoms with Crippen molar-refractivity contribution in [2.45, 2.75) is 70.1 Å². The van der Waals surface area contributed by atoms with E-state index in [0.717, 1.165) is 43.2 Å². The van der Waals surface area contributed by atoms with E-state index in [-0.39, 0.29) is 36.4 Å². The lowest BCUT2D eigenvalue weighted by atomic mass is 9.88. The first-order chi connectivity index (χ1) is 21.3. The molecular formula is C35H40ClN3O5. The molecule has 1 heterocycles. The lowest BCUT2D eigenvalue weighted by molar-refractivity contribution is -0.140. The number of likely N-dealkylation sites (tertiary alicyclic amines) is 1. The Morgan fingerprint density at radius 3 is 2.39 bits per heavy atom. The second-order valence-corrected chi connectivity index (χ2v) is 12.0. The van der Waals surface area contributed by atoms with E-state index in [0.29, 0.717) is 41.6 Å². The van der Waals surface area contributed by atoms with Crippen LogP contribution in [0.5, 0.6) is 11.5 Å². The zero-order valence-electron chi connectivity index (χ0n) is 25.3. The Morgan fingerprint density at radius 1 is 0.932 bits per heavy atom. The Hall–Kier alpha value is -4.04. The van der Waals surface area contributed by atoms with E-state index >= 15 is 0 Å². The normalized spacial score (nSPS) is 19.7. The summed E-state index contributed by atoms with van der Waals surface area (Å²) in [6.07, 6.45) is 4.80. The number of ether oxygens (including phenoxy) is 2. The van der Waals surface area contributed by atoms with Gasteiger partial charge in [0, 0.05) is 29.7 Å². The number of rotatable bonds is 10. The summed E-state index contributed by atoms with van der Waals surface area (Å²) in [5.74, 6) is 0.740. The summed E-state index contributed by atoms with van der Waals surface area (Å²) in [6, 6.07) is 21.2. The lowest BCUT2D eigenvalue weighted by Gasteiger charge is -2.41. The minimum atomic E-state index is -0.568. The summed E-state index contributed by atoms with van der Waals surface area (Å²) >= 11 is 5.95. The van der Waals surface area contributed by atoms with Crippen LogP contribution in [0.15, 0.2) is 72.8 Å². The number of carbonyl (C=O) groups is 3. The smallest absolute Gasteiger partial charge is 0.261 e. The number of amides is 3. The molecule has 0 bridgehead atoms. The van der Waals surface area contributed by atoms with E-state index < -0.39 is 6.04 Å². The monoisotopic (exact) mass is 617 g/mol. The number of hydrogen-bond acceptors (Lipinski definition) is 5. The highest BCUT2D eigenvalue weighted by molar-refractivity contribution is 6.30. The van der Waals surface area contributed by atoms with Crippen LogP contribution in [-0.4, -0.2) is 65.9 Å². The van der Waals surface area contributed by atoms with Crippen LogP contribution in [0.2, 0.25) is 5.02 Å². The standard InChI is InChI=1S/C35H40ClN3O5/c1-24-7-5-8-25(21-24)22-39(35(42)26-12-16-28(43-2)17-13-26)31-10-4-3-9-30(31)37-34(41)32-11-6-20-38(32)33(40)23-44-29-18-14-27(36)15-19-29/h5,7-8,12-19,21,30-32H,3-4,6,9-11,20,22-23H2,1-2H3,(H,37,41)/t30?,31-,32-/m1/s1. The van der Waals surface area contributed by atoms with Crippen molar-refractivity contribution in [2.75, 3.05) is 20.3 Å². The van der Waals surface area contributed by atoms with Gasteiger partial charge in [-0.1, -0.05) is 54.3 Å². The van der Waals surface area contributed by atoms with Crippen molar-refractivity contribution in [3.05, 3.63) is 94.5 Å². The summed E-state index contributed by atoms with van der Waals surface area (Å²) in [4.78, 5) is 44.5. The van der Waals surface area contributed by atoms with Gasteiger partial charge in [0.05, 0.1) is 13.2 Å². The summed E-state index contributed by atoms with van der Waals surface area (Å²) in [6.45, 7) is 2.82. The molecule has 3 atom stereocenters. The van der Waals surface area contributed by atoms with Crippen LogP contribution in [0.25, 0.3) is 0 Å². The number of methoxy groups -OCH3 is 1. The van der Waals surface area contributed by atoms with Gasteiger partial charge in [-0.05, 0) is 86.7 Å². The number of carbonyl (C=O) groups excluding carboxylic acids is 3. The van der Waals surface area contributed by atoms with Crippen LogP contribution in [0.1, 0.15) is 60.0 Å². The quantitative estimate of drug-likeness (QED) is 0.311. The predicted octanol–water partition coefficient (Wildman–Crippen LogP) is 5.80. The topological polar surface area (TPSA) is 88.2 Å². The Kier molecular flexibility index (Phi) is 10.4. The van der Waals surface area contributed by atoms with Gasteiger partial charge in [0.15, 0.2) is 6.61 Å². The fourth-order valence-electron chi connectivity index (χ4n) is 6.27. The number of nitrogens with one attached hydrogen (secondary N) is 1. The van der Waals surface area contributed by atoms with Gasteiger partial charge in [-0.2, -0.15) is 0 Å². The first kappa shape index (κ1) is 31.4. The molecule has 1 saturated carbocycles. The van der Waals surface area contributed by atoms with Gasteiger partial charge in [-0.15, -0.1) is 0 Å². The molecule has 1 aliphatic heterocycles. The van der Waals surface area contributed by atoms with Gasteiger partial charge < -0.3 is 24.6 Å². The van der Waals surface area contributed by atoms with Crippen molar-refractivity contribution < 1.29 is 23.9 Å². The molecule has 1 saturated heterocycles. The van der Waals surface area contributed by atoms with E-state index in [2.05, 4.69) is 11.4 Å². The van der Waals surface area contributed by atoms with E-state index in [4.69, 9.17) is 21.1 Å². The van der Waals surface area contributed by atoms with Gasteiger partial charge in [0.25, 0.3) is 11.8 Å². The minimum absolute atomic E-state index is 0.0858. The third-order valence-electron chi connectivity index (χ3n) is 8.54. The second-order valence-electron chi connectivity index (χ2n) is 11.6. The molecule has 5 rings (SSSR count). The molecule has 1 aliphatic carbocycles. The fraction of sp³-hybridized carbons (Fsp3) is 0.400. The highest BCUT2D eigenvalue weighted by Crippen LogP contribution is 2.28. The average Bonchev–Trinajstić information content (AvgIpc) is 3.54. The molecule has 9 heteroatoms. The van der Waals surface area contributed by atoms with Crippen LogP contribution < -0.4 is 14.8 Å². The third-order valence-corrected chi connectivity index (χ3v) is 8.79. The molecule has 3 aromatic rings. The van der Waals surface area contributed by atoms with Crippen LogP contribution in [-0.2, 0) is 16.1 Å². The molecule has 0 spiro atoms. The van der Waals surface area contributed by atoms with Gasteiger partial charge in [0.1, 0.15) is 17.5 Å². The van der Waals surface area contributed by atoms with Crippen LogP contribution >= 0.6 is 11.6 Å². The largest absolute Gasteiger partial charge is 0.497 e. The molecule has 8 nitrogen and oxygen atoms in total. The second kappa shape index (κ2) is 14.6. The van der Waals surface area contributed by atoms with Crippen LogP contribution in [0.4, 0.5) is 0 Å². The van der Waals surface area contributed by atoms with Gasteiger partial charge >= 0.3 is 0 Å². The average molecular weight is 618 g/mol. The molecule has 3 aromatic carbocycles. The van der Waals surface area contributed by atoms with Crippen molar-refractivity contribution in [3.8, 4) is 11.5 Å². The third kappa shape index (κ3) is 7.72. The molecule has 1 unspecified atom stereocenters. The van der Waals surface area contributed by atoms with E-state index in [1.807, 2.05) is 30.0 Å². The molecule has 232 valence electrons. The van der Waals surface area contributed by atoms with Crippen molar-refractivity contribution >= 4 is 29.3 Å². The maximum atomic E-state index is 14.1. The van der Waals surface area contributed by atoms with Gasteiger partial charge in [-0.3, -0.25) is 14.4 Å². The number of nitrogens with zero attached hydrogens (tertiary/aromatic N) is 2. The molecule has 2 aliphatic rings. The van der Waals surface area contributed by atoms with Crippen LogP contribution in [0, 0.1) is 6.92 Å². The van der Waals surface area contributed by atoms with Crippen molar-refractivity contribution in [2.24, 2.45) is 0 Å². The highest BCUT2D eigenvalue weighted by atomic mass is 35.5. The first-order valence-electron chi connectivity index (χ1n) is 15.3. The van der Waals surface area contributed by atoms with Crippen molar-refractivity contribution in [1.29, 1.82) is 0 Å². The molecule has 1 N–H and O–H groups in total. The number of hydrogen-bond donors (Lipinski definition) is 1. The Morgan fingerprint density at radius 2 is 1.66 bits per heavy atom. The fourth-order valence-corrected chi connectivity index (χ4v) is 6.40. The zero-order chi connectivity index (χ0) is 31.1. The maximum absolute atomic E-state index is 14.1. The Bertz CT molecular complexity index is 1450. The summed E-state index contributed by atoms with van der Waals surface area (Å²) < 4.78 is 11.0. The maximum Gasteiger partial charge on any atom is 0.261 e. The molecule has 3 amide bonds. The summed E-state index contributed by atoms with van der Waals surface area (Å²) in [5.41, 5.74) is 2.73. The SMILES string of the molecule is COc1ccc(C(=O)N(Cc2cccc(C)c2)[C@@H]2CCCCC2NC(=O)[C@H]2CCCN2C(=O)COc2ccc(Cl)cc2)cc1. The number of benzene rings is 3. The highest BCUT2D eigenvalue weighted by Gasteiger charge is 2.39. The van der Waals surface area contributed by atoms with E-state index in [1.165, 1.54) is 0 Å². The molecular weight excluding hydrogens is 578 g/mol. The van der Waals surface area contributed by atoms with Gasteiger partial charge in [-0.25, -0.2) is 0 Å². The van der Waals surface area contributed by atoms with Crippen molar-refractivity contribution in [1.82, 2.24) is 15.1 Å². The lowest BCUT2D eigenvalue weighted by Crippen LogP contribution is -2.58. The van der Waals surface area contributed by atoms with Crippen LogP contribution in [0.3, 0.4) is 0 Å². The Balaban J connectivity index is 1.31. The summed E-state index contributed by atoms with van der Waals surface area (Å²) in [7, 11) is 1.60.